The normalized spacial score (nSPS) is 44.4. The second kappa shape index (κ2) is 16.2. The maximum atomic E-state index is 12.6. The molecule has 0 aromatic heterocycles. The van der Waals surface area contributed by atoms with Crippen LogP contribution in [0.15, 0.2) is 20.5 Å². The summed E-state index contributed by atoms with van der Waals surface area (Å²) >= 11 is 0.933. The van der Waals surface area contributed by atoms with Crippen molar-refractivity contribution in [1.29, 1.82) is 0 Å². The van der Waals surface area contributed by atoms with Gasteiger partial charge >= 0.3 is 0 Å². The van der Waals surface area contributed by atoms with Crippen LogP contribution < -0.4 is 5.32 Å². The number of fused-ring (bicyclic) bond motifs is 2. The smallest absolute Gasteiger partial charge is 0.270 e. The number of methoxy groups -OCH3 is 1. The van der Waals surface area contributed by atoms with Gasteiger partial charge in [-0.05, 0) is 94.4 Å². The number of aliphatic hydroxyl groups excluding tert-OH is 1. The Morgan fingerprint density at radius 2 is 1.52 bits per heavy atom. The van der Waals surface area contributed by atoms with Crippen LogP contribution in [-0.2, 0) is 34.3 Å². The van der Waals surface area contributed by atoms with E-state index in [2.05, 4.69) is 25.7 Å². The first-order valence-corrected chi connectivity index (χ1v) is 20.8. The summed E-state index contributed by atoms with van der Waals surface area (Å²) in [5, 5.41) is 43.3. The summed E-state index contributed by atoms with van der Waals surface area (Å²) in [6, 6.07) is -1.76. The number of ether oxygens (including phenoxy) is 1. The largest absolute Gasteiger partial charge is 0.390 e. The molecule has 5 fully saturated rings. The Morgan fingerprint density at radius 1 is 0.792 bits per heavy atom. The maximum absolute atomic E-state index is 12.6. The first-order chi connectivity index (χ1) is 22.8. The van der Waals surface area contributed by atoms with Crippen LogP contribution >= 0.6 is 12.0 Å². The summed E-state index contributed by atoms with van der Waals surface area (Å²) in [4.78, 5) is 0. The fourth-order valence-corrected chi connectivity index (χ4v) is 12.8. The summed E-state index contributed by atoms with van der Waals surface area (Å²) in [5.74, 6) is -0.925. The average molecular weight is 742 g/mol. The molecule has 0 saturated heterocycles. The van der Waals surface area contributed by atoms with Gasteiger partial charge in [-0.25, -0.2) is 5.26 Å². The van der Waals surface area contributed by atoms with Crippen LogP contribution in [0.2, 0.25) is 0 Å². The second-order valence-electron chi connectivity index (χ2n) is 14.5. The van der Waals surface area contributed by atoms with Gasteiger partial charge in [-0.2, -0.15) is 37.3 Å². The van der Waals surface area contributed by atoms with E-state index in [-0.39, 0.29) is 48.1 Å². The molecule has 0 bridgehead atoms. The number of azo groups is 2. The molecule has 19 heteroatoms. The molecule has 0 radical (unpaired) electrons. The van der Waals surface area contributed by atoms with Crippen molar-refractivity contribution >= 4 is 32.3 Å². The van der Waals surface area contributed by atoms with Gasteiger partial charge in [0.15, 0.2) is 0 Å². The SMILES string of the molecule is CNC1CCC2CC(SOOO)C(N=NC3CC(C)C(N=NC4CCC5C(CCCC5S(=O)(=O)O)C4S(=O)(=O)O)CC3OC)C(O)C2C1. The van der Waals surface area contributed by atoms with Crippen LogP contribution in [0.4, 0.5) is 0 Å². The van der Waals surface area contributed by atoms with Crippen molar-refractivity contribution in [3.8, 4) is 0 Å². The van der Waals surface area contributed by atoms with Gasteiger partial charge < -0.3 is 15.2 Å². The Hall–Kier alpha value is -0.870. The Bertz CT molecular complexity index is 1360. The highest BCUT2D eigenvalue weighted by Gasteiger charge is 2.53. The van der Waals surface area contributed by atoms with E-state index in [1.165, 1.54) is 0 Å². The number of nitrogens with one attached hydrogen (secondary N) is 1. The van der Waals surface area contributed by atoms with Gasteiger partial charge in [-0.3, -0.25) is 9.11 Å². The monoisotopic (exact) mass is 741 g/mol. The van der Waals surface area contributed by atoms with Crippen LogP contribution in [0.1, 0.15) is 77.6 Å². The van der Waals surface area contributed by atoms with Gasteiger partial charge in [0.2, 0.25) is 0 Å². The molecule has 0 heterocycles. The molecule has 276 valence electrons. The molecule has 5 aliphatic rings. The first kappa shape index (κ1) is 38.4. The van der Waals surface area contributed by atoms with E-state index in [0.29, 0.717) is 44.1 Å². The Kier molecular flexibility index (Phi) is 13.0. The lowest BCUT2D eigenvalue weighted by atomic mass is 9.66. The molecule has 0 amide bonds. The van der Waals surface area contributed by atoms with Crippen molar-refractivity contribution in [3.63, 3.8) is 0 Å². The van der Waals surface area contributed by atoms with Crippen LogP contribution in [-0.4, -0.2) is 109 Å². The predicted molar refractivity (Wildman–Crippen MR) is 175 cm³/mol. The summed E-state index contributed by atoms with van der Waals surface area (Å²) in [6.45, 7) is 2.00. The molecule has 5 aliphatic carbocycles. The highest BCUT2D eigenvalue weighted by molar-refractivity contribution is 7.95. The van der Waals surface area contributed by atoms with Crippen molar-refractivity contribution in [2.75, 3.05) is 14.2 Å². The number of hydrogen-bond acceptors (Lipinski definition) is 15. The molecule has 5 saturated carbocycles. The molecular weight excluding hydrogens is 691 g/mol. The minimum atomic E-state index is -4.59. The topological polar surface area (TPSA) is 238 Å². The fraction of sp³-hybridized carbons (Fsp3) is 1.00. The van der Waals surface area contributed by atoms with Crippen molar-refractivity contribution < 1.29 is 50.4 Å². The van der Waals surface area contributed by atoms with Gasteiger partial charge in [0.25, 0.3) is 20.2 Å². The second-order valence-corrected chi connectivity index (χ2v) is 18.6. The van der Waals surface area contributed by atoms with Gasteiger partial charge in [0, 0.05) is 31.6 Å². The zero-order valence-electron chi connectivity index (χ0n) is 27.6. The molecule has 0 aliphatic heterocycles. The highest BCUT2D eigenvalue weighted by Crippen LogP contribution is 2.48. The van der Waals surface area contributed by atoms with Crippen molar-refractivity contribution in [3.05, 3.63) is 0 Å². The van der Waals surface area contributed by atoms with Crippen molar-refractivity contribution in [2.24, 2.45) is 50.0 Å². The zero-order valence-corrected chi connectivity index (χ0v) is 30.0. The molecule has 48 heavy (non-hydrogen) atoms. The average Bonchev–Trinajstić information content (AvgIpc) is 3.04. The van der Waals surface area contributed by atoms with E-state index in [0.717, 1.165) is 37.7 Å². The first-order valence-electron chi connectivity index (χ1n) is 17.0. The van der Waals surface area contributed by atoms with Crippen molar-refractivity contribution in [2.45, 2.75) is 136 Å². The Balaban J connectivity index is 1.28. The minimum absolute atomic E-state index is 0.0325. The summed E-state index contributed by atoms with van der Waals surface area (Å²) in [5.41, 5.74) is 0. The van der Waals surface area contributed by atoms with E-state index >= 15 is 0 Å². The Morgan fingerprint density at radius 3 is 2.19 bits per heavy atom. The predicted octanol–water partition coefficient (Wildman–Crippen LogP) is 3.74. The third-order valence-corrected chi connectivity index (χ3v) is 15.5. The summed E-state index contributed by atoms with van der Waals surface area (Å²) in [7, 11) is -5.45. The van der Waals surface area contributed by atoms with Crippen molar-refractivity contribution in [1.82, 2.24) is 5.32 Å². The molecule has 15 atom stereocenters. The molecule has 15 unspecified atom stereocenters. The Labute approximate surface area is 287 Å². The minimum Gasteiger partial charge on any atom is -0.390 e. The van der Waals surface area contributed by atoms with Gasteiger partial charge in [0.1, 0.15) is 11.3 Å². The standard InChI is InChI=1S/C29H51N5O11S3/c1-15-11-23(33-34-27-25(46-45-44-36)12-16-7-8-17(30-2)13-20(16)28(27)35)24(43-3)14-22(15)32-31-21-10-9-18-19(29(21)48(40,41)42)5-4-6-26(18)47(37,38)39/h15-30,35-36H,4-14H2,1-3H3,(H,37,38,39)(H,40,41,42). The maximum Gasteiger partial charge on any atom is 0.270 e. The van der Waals surface area contributed by atoms with E-state index in [9.17, 15) is 31.0 Å². The van der Waals surface area contributed by atoms with E-state index < -0.39 is 60.8 Å². The third-order valence-electron chi connectivity index (χ3n) is 11.9. The molecule has 0 spiro atoms. The summed E-state index contributed by atoms with van der Waals surface area (Å²) in [6.07, 6.45) is 5.06. The number of nitrogens with zero attached hydrogens (tertiary/aromatic N) is 4. The number of hydrogen-bond donors (Lipinski definition) is 5. The number of rotatable bonds is 11. The highest BCUT2D eigenvalue weighted by atomic mass is 32.2. The summed E-state index contributed by atoms with van der Waals surface area (Å²) < 4.78 is 80.1. The molecule has 5 N–H and O–H groups in total. The third kappa shape index (κ3) is 8.59. The van der Waals surface area contributed by atoms with E-state index in [1.54, 1.807) is 7.11 Å². The lowest BCUT2D eigenvalue weighted by Gasteiger charge is -2.46. The zero-order chi connectivity index (χ0) is 34.8. The lowest BCUT2D eigenvalue weighted by molar-refractivity contribution is -0.432. The molecule has 16 nitrogen and oxygen atoms in total. The van der Waals surface area contributed by atoms with E-state index in [1.807, 2.05) is 14.0 Å². The van der Waals surface area contributed by atoms with Crippen LogP contribution in [0.25, 0.3) is 0 Å². The molecule has 0 aromatic rings. The van der Waals surface area contributed by atoms with Crippen LogP contribution in [0.3, 0.4) is 0 Å². The van der Waals surface area contributed by atoms with E-state index in [4.69, 9.17) is 19.4 Å². The van der Waals surface area contributed by atoms with Gasteiger partial charge in [-0.15, -0.1) is 4.33 Å². The molecular formula is C29H51N5O11S3. The van der Waals surface area contributed by atoms with Crippen LogP contribution in [0.5, 0.6) is 0 Å². The van der Waals surface area contributed by atoms with Crippen LogP contribution in [0, 0.1) is 29.6 Å². The fourth-order valence-electron chi connectivity index (χ4n) is 9.44. The lowest BCUT2D eigenvalue weighted by Crippen LogP contribution is -2.52. The molecule has 5 rings (SSSR count). The quantitative estimate of drug-likeness (QED) is 0.0668. The van der Waals surface area contributed by atoms with Gasteiger partial charge in [0.05, 0.1) is 40.8 Å². The number of aliphatic hydroxyl groups is 1. The van der Waals surface area contributed by atoms with Gasteiger partial charge in [-0.1, -0.05) is 18.4 Å². The molecule has 0 aromatic carbocycles.